The Balaban J connectivity index is 0.000000671. The second kappa shape index (κ2) is 7.60. The molecule has 1 rings (SSSR count). The van der Waals surface area contributed by atoms with Crippen LogP contribution in [0, 0.1) is 0 Å². The van der Waals surface area contributed by atoms with Crippen LogP contribution in [0.15, 0.2) is 47.6 Å². The standard InChI is InChI=1S/C11H14.C2H6/c1-3-10(2)9-11-7-5-4-6-8-11;1-2/h3-7,9H,8H2,1-2H3;1-2H3/b10-3-,11-9-;. The summed E-state index contributed by atoms with van der Waals surface area (Å²) in [6, 6.07) is 0. The van der Waals surface area contributed by atoms with E-state index in [1.807, 2.05) is 13.8 Å². The van der Waals surface area contributed by atoms with Gasteiger partial charge in [-0.05, 0) is 25.8 Å². The smallest absolute Gasteiger partial charge is 0.00942 e. The van der Waals surface area contributed by atoms with Crippen molar-refractivity contribution in [2.45, 2.75) is 34.1 Å². The fraction of sp³-hybridized carbons (Fsp3) is 0.385. The minimum atomic E-state index is 1.07. The number of allylic oxidation sites excluding steroid dienone is 8. The zero-order chi connectivity index (χ0) is 10.1. The predicted molar refractivity (Wildman–Crippen MR) is 61.8 cm³/mol. The number of rotatable bonds is 1. The SMILES string of the molecule is C/C=C(C)\C=C1\C=CC=CC1.CC. The van der Waals surface area contributed by atoms with Crippen LogP contribution < -0.4 is 0 Å². The number of hydrogen-bond acceptors (Lipinski definition) is 0. The lowest BCUT2D eigenvalue weighted by Gasteiger charge is -2.01. The van der Waals surface area contributed by atoms with E-state index >= 15 is 0 Å². The van der Waals surface area contributed by atoms with Crippen molar-refractivity contribution in [1.29, 1.82) is 0 Å². The molecule has 0 nitrogen and oxygen atoms in total. The highest BCUT2D eigenvalue weighted by Gasteiger charge is 1.92. The lowest BCUT2D eigenvalue weighted by molar-refractivity contribution is 1.25. The van der Waals surface area contributed by atoms with Gasteiger partial charge in [0.05, 0.1) is 0 Å². The van der Waals surface area contributed by atoms with E-state index in [2.05, 4.69) is 50.3 Å². The maximum atomic E-state index is 2.22. The quantitative estimate of drug-likeness (QED) is 0.554. The summed E-state index contributed by atoms with van der Waals surface area (Å²) in [5.74, 6) is 0. The third-order valence-corrected chi connectivity index (χ3v) is 1.78. The van der Waals surface area contributed by atoms with Gasteiger partial charge in [0.25, 0.3) is 0 Å². The lowest BCUT2D eigenvalue weighted by atomic mass is 10.1. The summed E-state index contributed by atoms with van der Waals surface area (Å²) in [4.78, 5) is 0. The highest BCUT2D eigenvalue weighted by molar-refractivity contribution is 5.34. The molecule has 0 unspecified atom stereocenters. The van der Waals surface area contributed by atoms with Crippen molar-refractivity contribution in [2.24, 2.45) is 0 Å². The average molecular weight is 176 g/mol. The first-order valence-electron chi connectivity index (χ1n) is 4.99. The minimum absolute atomic E-state index is 1.07. The van der Waals surface area contributed by atoms with Crippen molar-refractivity contribution in [1.82, 2.24) is 0 Å². The van der Waals surface area contributed by atoms with E-state index in [9.17, 15) is 0 Å². The maximum Gasteiger partial charge on any atom is -0.00942 e. The van der Waals surface area contributed by atoms with E-state index in [0.29, 0.717) is 0 Å². The van der Waals surface area contributed by atoms with Crippen molar-refractivity contribution in [3.05, 3.63) is 47.6 Å². The molecule has 0 aromatic rings. The molecule has 0 aromatic carbocycles. The second-order valence-corrected chi connectivity index (χ2v) is 2.74. The molecule has 1 aliphatic carbocycles. The molecule has 0 fully saturated rings. The van der Waals surface area contributed by atoms with Gasteiger partial charge in [-0.25, -0.2) is 0 Å². The molecule has 0 amide bonds. The largest absolute Gasteiger partial charge is 0.0847 e. The summed E-state index contributed by atoms with van der Waals surface area (Å²) >= 11 is 0. The first kappa shape index (κ1) is 12.0. The molecule has 72 valence electrons. The Kier molecular flexibility index (Phi) is 6.99. The monoisotopic (exact) mass is 176 g/mol. The van der Waals surface area contributed by atoms with Gasteiger partial charge in [-0.1, -0.05) is 55.9 Å². The molecule has 0 heterocycles. The van der Waals surface area contributed by atoms with Crippen LogP contribution in [0.5, 0.6) is 0 Å². The second-order valence-electron chi connectivity index (χ2n) is 2.74. The van der Waals surface area contributed by atoms with E-state index in [4.69, 9.17) is 0 Å². The van der Waals surface area contributed by atoms with Crippen molar-refractivity contribution in [2.75, 3.05) is 0 Å². The highest BCUT2D eigenvalue weighted by atomic mass is 14.0. The van der Waals surface area contributed by atoms with Gasteiger partial charge in [0.15, 0.2) is 0 Å². The highest BCUT2D eigenvalue weighted by Crippen LogP contribution is 2.12. The molecule has 0 radical (unpaired) electrons. The van der Waals surface area contributed by atoms with Crippen LogP contribution in [0.4, 0.5) is 0 Å². The van der Waals surface area contributed by atoms with Crippen LogP contribution >= 0.6 is 0 Å². The van der Waals surface area contributed by atoms with E-state index in [0.717, 1.165) is 6.42 Å². The van der Waals surface area contributed by atoms with E-state index in [-0.39, 0.29) is 0 Å². The molecule has 0 saturated carbocycles. The van der Waals surface area contributed by atoms with Crippen molar-refractivity contribution >= 4 is 0 Å². The number of hydrogen-bond donors (Lipinski definition) is 0. The van der Waals surface area contributed by atoms with E-state index in [1.165, 1.54) is 11.1 Å². The lowest BCUT2D eigenvalue weighted by Crippen LogP contribution is -1.80. The molecular weight excluding hydrogens is 156 g/mol. The zero-order valence-corrected chi connectivity index (χ0v) is 9.17. The summed E-state index contributed by atoms with van der Waals surface area (Å²) < 4.78 is 0. The third-order valence-electron chi connectivity index (χ3n) is 1.78. The normalized spacial score (nSPS) is 18.5. The average Bonchev–Trinajstić information content (AvgIpc) is 2.22. The molecule has 0 atom stereocenters. The van der Waals surface area contributed by atoms with Gasteiger partial charge in [-0.3, -0.25) is 0 Å². The van der Waals surface area contributed by atoms with Gasteiger partial charge in [0.2, 0.25) is 0 Å². The van der Waals surface area contributed by atoms with Gasteiger partial charge in [-0.2, -0.15) is 0 Å². The van der Waals surface area contributed by atoms with Crippen LogP contribution in [-0.4, -0.2) is 0 Å². The third kappa shape index (κ3) is 5.24. The first-order valence-corrected chi connectivity index (χ1v) is 4.99. The minimum Gasteiger partial charge on any atom is -0.0847 e. The first-order chi connectivity index (χ1) is 6.33. The molecule has 0 N–H and O–H groups in total. The van der Waals surface area contributed by atoms with Gasteiger partial charge in [0, 0.05) is 0 Å². The van der Waals surface area contributed by atoms with E-state index in [1.54, 1.807) is 0 Å². The molecule has 0 saturated heterocycles. The fourth-order valence-corrected chi connectivity index (χ4v) is 1.01. The van der Waals surface area contributed by atoms with Crippen LogP contribution in [0.2, 0.25) is 0 Å². The topological polar surface area (TPSA) is 0 Å². The Morgan fingerprint density at radius 2 is 2.00 bits per heavy atom. The predicted octanol–water partition coefficient (Wildman–Crippen LogP) is 4.42. The van der Waals surface area contributed by atoms with Gasteiger partial charge < -0.3 is 0 Å². The summed E-state index contributed by atoms with van der Waals surface area (Å²) in [6.45, 7) is 8.19. The molecule has 0 aliphatic heterocycles. The van der Waals surface area contributed by atoms with Gasteiger partial charge in [-0.15, -0.1) is 0 Å². The van der Waals surface area contributed by atoms with E-state index < -0.39 is 0 Å². The summed E-state index contributed by atoms with van der Waals surface area (Å²) in [7, 11) is 0. The maximum absolute atomic E-state index is 2.22. The van der Waals surface area contributed by atoms with Crippen molar-refractivity contribution < 1.29 is 0 Å². The zero-order valence-electron chi connectivity index (χ0n) is 9.17. The summed E-state index contributed by atoms with van der Waals surface area (Å²) in [5.41, 5.74) is 2.73. The molecule has 0 aromatic heterocycles. The van der Waals surface area contributed by atoms with Crippen LogP contribution in [0.3, 0.4) is 0 Å². The molecule has 0 bridgehead atoms. The Labute approximate surface area is 82.4 Å². The Hall–Kier alpha value is -1.04. The Bertz CT molecular complexity index is 237. The Morgan fingerprint density at radius 3 is 2.46 bits per heavy atom. The molecule has 1 aliphatic rings. The molecular formula is C13H20. The molecule has 0 spiro atoms. The van der Waals surface area contributed by atoms with Gasteiger partial charge in [0.1, 0.15) is 0 Å². The van der Waals surface area contributed by atoms with Crippen molar-refractivity contribution in [3.8, 4) is 0 Å². The summed E-state index contributed by atoms with van der Waals surface area (Å²) in [5, 5.41) is 0. The van der Waals surface area contributed by atoms with Crippen LogP contribution in [0.1, 0.15) is 34.1 Å². The fourth-order valence-electron chi connectivity index (χ4n) is 1.01. The molecule has 0 heteroatoms. The summed E-state index contributed by atoms with van der Waals surface area (Å²) in [6.07, 6.45) is 13.9. The van der Waals surface area contributed by atoms with Crippen molar-refractivity contribution in [3.63, 3.8) is 0 Å². The van der Waals surface area contributed by atoms with Crippen LogP contribution in [-0.2, 0) is 0 Å². The van der Waals surface area contributed by atoms with Gasteiger partial charge >= 0.3 is 0 Å². The Morgan fingerprint density at radius 1 is 1.31 bits per heavy atom. The molecule has 13 heavy (non-hydrogen) atoms. The van der Waals surface area contributed by atoms with Crippen LogP contribution in [0.25, 0.3) is 0 Å².